The lowest BCUT2D eigenvalue weighted by Gasteiger charge is -2.32. The van der Waals surface area contributed by atoms with Crippen molar-refractivity contribution in [3.05, 3.63) is 69.0 Å². The van der Waals surface area contributed by atoms with Crippen LogP contribution < -0.4 is 20.3 Å². The summed E-state index contributed by atoms with van der Waals surface area (Å²) in [6, 6.07) is 13.5. The minimum atomic E-state index is -0.886. The Balaban J connectivity index is 1.67. The van der Waals surface area contributed by atoms with Crippen molar-refractivity contribution >= 4 is 46.1 Å². The zero-order chi connectivity index (χ0) is 23.9. The number of hydrogen-bond donors (Lipinski definition) is 2. The fourth-order valence-corrected chi connectivity index (χ4v) is 5.61. The van der Waals surface area contributed by atoms with Crippen molar-refractivity contribution in [3.8, 4) is 5.75 Å². The summed E-state index contributed by atoms with van der Waals surface area (Å²) in [6.45, 7) is -0.257. The first-order valence-corrected chi connectivity index (χ1v) is 12.9. The molecule has 1 aromatic carbocycles. The zero-order valence-corrected chi connectivity index (χ0v) is 20.5. The van der Waals surface area contributed by atoms with Crippen LogP contribution in [-0.2, 0) is 9.59 Å². The molecule has 2 N–H and O–H groups in total. The van der Waals surface area contributed by atoms with Crippen molar-refractivity contribution in [1.82, 2.24) is 10.6 Å². The molecule has 3 aromatic rings. The first-order chi connectivity index (χ1) is 16.6. The van der Waals surface area contributed by atoms with Gasteiger partial charge in [-0.15, -0.1) is 22.7 Å². The van der Waals surface area contributed by atoms with E-state index >= 15 is 0 Å². The van der Waals surface area contributed by atoms with E-state index in [1.54, 1.807) is 35.7 Å². The van der Waals surface area contributed by atoms with Crippen LogP contribution >= 0.6 is 22.7 Å². The maximum atomic E-state index is 13.6. The number of carbonyl (C=O) groups excluding carboxylic acids is 3. The van der Waals surface area contributed by atoms with Crippen molar-refractivity contribution in [2.45, 2.75) is 37.8 Å². The minimum absolute atomic E-state index is 0.100. The molecule has 34 heavy (non-hydrogen) atoms. The summed E-state index contributed by atoms with van der Waals surface area (Å²) < 4.78 is 5.53. The summed E-state index contributed by atoms with van der Waals surface area (Å²) in [5, 5.41) is 9.53. The van der Waals surface area contributed by atoms with Crippen LogP contribution in [0, 0.1) is 0 Å². The Morgan fingerprint density at radius 1 is 1.03 bits per heavy atom. The Hall–Kier alpha value is -3.17. The molecule has 178 valence electrons. The molecule has 0 bridgehead atoms. The van der Waals surface area contributed by atoms with Crippen molar-refractivity contribution in [1.29, 1.82) is 0 Å². The number of para-hydroxylation sites is 2. The largest absolute Gasteiger partial charge is 0.495 e. The third kappa shape index (κ3) is 5.48. The fraction of sp³-hybridized carbons (Fsp3) is 0.320. The third-order valence-corrected chi connectivity index (χ3v) is 7.57. The van der Waals surface area contributed by atoms with Crippen molar-refractivity contribution < 1.29 is 19.1 Å². The van der Waals surface area contributed by atoms with E-state index in [0.717, 1.165) is 30.6 Å². The van der Waals surface area contributed by atoms with E-state index in [0.29, 0.717) is 16.3 Å². The predicted molar refractivity (Wildman–Crippen MR) is 135 cm³/mol. The molecule has 0 saturated heterocycles. The highest BCUT2D eigenvalue weighted by Gasteiger charge is 2.36. The van der Waals surface area contributed by atoms with Gasteiger partial charge in [0.05, 0.1) is 24.2 Å². The van der Waals surface area contributed by atoms with Gasteiger partial charge in [-0.25, -0.2) is 0 Å². The number of ether oxygens (including phenoxy) is 1. The number of benzene rings is 1. The van der Waals surface area contributed by atoms with Crippen LogP contribution in [0.2, 0.25) is 0 Å². The number of hydrogen-bond acceptors (Lipinski definition) is 6. The number of anilines is 1. The summed E-state index contributed by atoms with van der Waals surface area (Å²) in [7, 11) is 1.53. The molecule has 0 aliphatic heterocycles. The molecule has 3 amide bonds. The highest BCUT2D eigenvalue weighted by Crippen LogP contribution is 2.36. The molecular formula is C25H27N3O4S2. The molecule has 4 rings (SSSR count). The van der Waals surface area contributed by atoms with Crippen LogP contribution in [-0.4, -0.2) is 37.4 Å². The summed E-state index contributed by atoms with van der Waals surface area (Å²) in [6.07, 6.45) is 4.03. The van der Waals surface area contributed by atoms with Gasteiger partial charge in [0.1, 0.15) is 11.8 Å². The van der Waals surface area contributed by atoms with Crippen LogP contribution in [0.4, 0.5) is 5.69 Å². The molecule has 1 saturated carbocycles. The molecule has 1 unspecified atom stereocenters. The summed E-state index contributed by atoms with van der Waals surface area (Å²) in [4.78, 5) is 42.4. The van der Waals surface area contributed by atoms with Crippen molar-refractivity contribution in [2.75, 3.05) is 18.6 Å². The van der Waals surface area contributed by atoms with Gasteiger partial charge < -0.3 is 15.4 Å². The smallest absolute Gasteiger partial charge is 0.261 e. The lowest BCUT2D eigenvalue weighted by molar-refractivity contribution is -0.126. The van der Waals surface area contributed by atoms with E-state index in [4.69, 9.17) is 4.74 Å². The maximum Gasteiger partial charge on any atom is 0.261 e. The lowest BCUT2D eigenvalue weighted by atomic mass is 10.1. The van der Waals surface area contributed by atoms with Crippen LogP contribution in [0.3, 0.4) is 0 Å². The molecule has 1 fully saturated rings. The third-order valence-electron chi connectivity index (χ3n) is 5.78. The van der Waals surface area contributed by atoms with Crippen LogP contribution in [0.15, 0.2) is 59.3 Å². The van der Waals surface area contributed by atoms with Gasteiger partial charge in [0, 0.05) is 10.9 Å². The Morgan fingerprint density at radius 3 is 2.44 bits per heavy atom. The normalized spacial score (nSPS) is 14.4. The molecule has 0 spiro atoms. The van der Waals surface area contributed by atoms with Crippen LogP contribution in [0.1, 0.15) is 46.3 Å². The first-order valence-electron chi connectivity index (χ1n) is 11.2. The second kappa shape index (κ2) is 11.3. The van der Waals surface area contributed by atoms with Gasteiger partial charge in [-0.3, -0.25) is 19.3 Å². The molecule has 0 radical (unpaired) electrons. The number of nitrogens with one attached hydrogen (secondary N) is 2. The molecule has 7 nitrogen and oxygen atoms in total. The van der Waals surface area contributed by atoms with Crippen LogP contribution in [0.5, 0.6) is 5.75 Å². The molecule has 9 heteroatoms. The monoisotopic (exact) mass is 497 g/mol. The van der Waals surface area contributed by atoms with Gasteiger partial charge in [0.15, 0.2) is 0 Å². The van der Waals surface area contributed by atoms with Crippen molar-refractivity contribution in [3.63, 3.8) is 0 Å². The SMILES string of the molecule is COc1ccccc1N(C(=O)CNC(=O)c1cccs1)C(C(=O)NC1CCCC1)c1cccs1. The molecule has 2 aromatic heterocycles. The standard InChI is InChI=1S/C25H27N3O4S2/c1-32-19-11-5-4-10-18(19)28(22(29)16-26-24(30)21-13-7-15-34-21)23(20-12-6-14-33-20)25(31)27-17-8-2-3-9-17/h4-7,10-15,17,23H,2-3,8-9,16H2,1H3,(H,26,30)(H,27,31). The van der Waals surface area contributed by atoms with Gasteiger partial charge in [0.2, 0.25) is 11.8 Å². The highest BCUT2D eigenvalue weighted by atomic mass is 32.1. The second-order valence-corrected chi connectivity index (χ2v) is 9.93. The Labute approximate surface area is 206 Å². The Morgan fingerprint density at radius 2 is 1.76 bits per heavy atom. The highest BCUT2D eigenvalue weighted by molar-refractivity contribution is 7.12. The second-order valence-electron chi connectivity index (χ2n) is 8.00. The topological polar surface area (TPSA) is 87.7 Å². The number of nitrogens with zero attached hydrogens (tertiary/aromatic N) is 1. The quantitative estimate of drug-likeness (QED) is 0.459. The van der Waals surface area contributed by atoms with E-state index in [1.807, 2.05) is 23.6 Å². The van der Waals surface area contributed by atoms with Gasteiger partial charge >= 0.3 is 0 Å². The number of rotatable bonds is 9. The number of methoxy groups -OCH3 is 1. The summed E-state index contributed by atoms with van der Waals surface area (Å²) in [5.41, 5.74) is 0.473. The molecular weight excluding hydrogens is 470 g/mol. The van der Waals surface area contributed by atoms with Gasteiger partial charge in [-0.1, -0.05) is 37.1 Å². The zero-order valence-electron chi connectivity index (χ0n) is 18.9. The average Bonchev–Trinajstić information content (AvgIpc) is 3.64. The lowest BCUT2D eigenvalue weighted by Crippen LogP contribution is -2.49. The van der Waals surface area contributed by atoms with E-state index in [2.05, 4.69) is 10.6 Å². The number of amides is 3. The predicted octanol–water partition coefficient (Wildman–Crippen LogP) is 4.38. The van der Waals surface area contributed by atoms with Crippen LogP contribution in [0.25, 0.3) is 0 Å². The Kier molecular flexibility index (Phi) is 7.97. The van der Waals surface area contributed by atoms with Gasteiger partial charge in [-0.2, -0.15) is 0 Å². The summed E-state index contributed by atoms with van der Waals surface area (Å²) in [5.74, 6) is -0.505. The average molecular weight is 498 g/mol. The first kappa shape index (κ1) is 24.0. The van der Waals surface area contributed by atoms with Gasteiger partial charge in [0.25, 0.3) is 5.91 Å². The molecule has 1 atom stereocenters. The van der Waals surface area contributed by atoms with E-state index in [1.165, 1.54) is 34.7 Å². The minimum Gasteiger partial charge on any atom is -0.495 e. The number of thiophene rings is 2. The van der Waals surface area contributed by atoms with E-state index in [-0.39, 0.29) is 24.4 Å². The van der Waals surface area contributed by atoms with E-state index < -0.39 is 11.9 Å². The molecule has 2 heterocycles. The maximum absolute atomic E-state index is 13.6. The Bertz CT molecular complexity index is 1110. The summed E-state index contributed by atoms with van der Waals surface area (Å²) >= 11 is 2.71. The number of carbonyl (C=O) groups is 3. The van der Waals surface area contributed by atoms with Gasteiger partial charge in [-0.05, 0) is 47.9 Å². The molecule has 1 aliphatic rings. The molecule has 1 aliphatic carbocycles. The fourth-order valence-electron chi connectivity index (χ4n) is 4.15. The van der Waals surface area contributed by atoms with Crippen molar-refractivity contribution in [2.24, 2.45) is 0 Å². The van der Waals surface area contributed by atoms with E-state index in [9.17, 15) is 14.4 Å².